The average molecular weight is 430 g/mol. The van der Waals surface area contributed by atoms with Gasteiger partial charge in [0, 0.05) is 24.0 Å². The maximum atomic E-state index is 13.1. The average Bonchev–Trinajstić information content (AvgIpc) is 3.16. The van der Waals surface area contributed by atoms with E-state index in [9.17, 15) is 21.6 Å². The second-order valence-electron chi connectivity index (χ2n) is 5.90. The summed E-state index contributed by atoms with van der Waals surface area (Å²) in [6.07, 6.45) is -1.09. The summed E-state index contributed by atoms with van der Waals surface area (Å²) in [7, 11) is -4.35. The molecule has 0 saturated heterocycles. The van der Waals surface area contributed by atoms with E-state index in [1.54, 1.807) is 35.3 Å². The van der Waals surface area contributed by atoms with Gasteiger partial charge in [-0.15, -0.1) is 0 Å². The maximum Gasteiger partial charge on any atom is 0.417 e. The Hall–Kier alpha value is -2.36. The lowest BCUT2D eigenvalue weighted by atomic mass is 10.1. The summed E-state index contributed by atoms with van der Waals surface area (Å²) < 4.78 is 68.0. The van der Waals surface area contributed by atoms with Crippen molar-refractivity contribution in [2.24, 2.45) is 0 Å². The van der Waals surface area contributed by atoms with E-state index in [-0.39, 0.29) is 11.6 Å². The van der Waals surface area contributed by atoms with E-state index >= 15 is 0 Å². The lowest BCUT2D eigenvalue weighted by molar-refractivity contribution is -0.139. The predicted octanol–water partition coefficient (Wildman–Crippen LogP) is 4.07. The number of sulfonamides is 1. The third-order valence-corrected chi connectivity index (χ3v) is 5.70. The quantitative estimate of drug-likeness (QED) is 0.642. The molecule has 2 aromatic carbocycles. The lowest BCUT2D eigenvalue weighted by Crippen LogP contribution is -2.28. The summed E-state index contributed by atoms with van der Waals surface area (Å²) in [5.74, 6) is 0. The largest absolute Gasteiger partial charge is 0.417 e. The summed E-state index contributed by atoms with van der Waals surface area (Å²) in [6.45, 7) is -0.0522. The molecule has 0 bridgehead atoms. The van der Waals surface area contributed by atoms with Gasteiger partial charge in [0.2, 0.25) is 10.0 Å². The number of hydrogen-bond donors (Lipinski definition) is 1. The molecule has 0 radical (unpaired) electrons. The van der Waals surface area contributed by atoms with Gasteiger partial charge >= 0.3 is 6.18 Å². The third-order valence-electron chi connectivity index (χ3n) is 3.95. The molecule has 0 aliphatic carbocycles. The Morgan fingerprint density at radius 2 is 1.82 bits per heavy atom. The van der Waals surface area contributed by atoms with Crippen LogP contribution in [0.15, 0.2) is 65.8 Å². The molecule has 0 atom stereocenters. The molecule has 1 heterocycles. The molecule has 148 valence electrons. The van der Waals surface area contributed by atoms with Gasteiger partial charge in [-0.05, 0) is 48.4 Å². The fraction of sp³-hybridized carbons (Fsp3) is 0.167. The first-order chi connectivity index (χ1) is 13.2. The SMILES string of the molecule is O=S(=O)(NCCc1ccc(-n2cccn2)cc1)c1ccc(Cl)cc1C(F)(F)F. The molecule has 5 nitrogen and oxygen atoms in total. The Morgan fingerprint density at radius 3 is 2.43 bits per heavy atom. The smallest absolute Gasteiger partial charge is 0.241 e. The molecule has 3 aromatic rings. The number of halogens is 4. The molecule has 0 unspecified atom stereocenters. The van der Waals surface area contributed by atoms with Crippen LogP contribution in [0, 0.1) is 0 Å². The highest BCUT2D eigenvalue weighted by atomic mass is 35.5. The molecule has 0 aliphatic rings. The number of rotatable bonds is 6. The topological polar surface area (TPSA) is 64.0 Å². The Kier molecular flexibility index (Phi) is 5.78. The van der Waals surface area contributed by atoms with E-state index in [4.69, 9.17) is 11.6 Å². The highest BCUT2D eigenvalue weighted by Crippen LogP contribution is 2.35. The van der Waals surface area contributed by atoms with Crippen molar-refractivity contribution in [3.63, 3.8) is 0 Å². The summed E-state index contributed by atoms with van der Waals surface area (Å²) in [6, 6.07) is 11.6. The number of nitrogens with one attached hydrogen (secondary N) is 1. The molecule has 0 aliphatic heterocycles. The van der Waals surface area contributed by atoms with Gasteiger partial charge in [0.05, 0.1) is 16.1 Å². The minimum atomic E-state index is -4.84. The minimum Gasteiger partial charge on any atom is -0.241 e. The molecule has 0 saturated carbocycles. The lowest BCUT2D eigenvalue weighted by Gasteiger charge is -2.14. The zero-order chi connectivity index (χ0) is 20.4. The highest BCUT2D eigenvalue weighted by molar-refractivity contribution is 7.89. The molecule has 28 heavy (non-hydrogen) atoms. The Bertz CT molecular complexity index is 1050. The van der Waals surface area contributed by atoms with Gasteiger partial charge < -0.3 is 0 Å². The minimum absolute atomic E-state index is 0.0522. The Labute approximate surface area is 164 Å². The molecule has 3 rings (SSSR count). The second-order valence-corrected chi connectivity index (χ2v) is 8.07. The van der Waals surface area contributed by atoms with Crippen molar-refractivity contribution < 1.29 is 21.6 Å². The fourth-order valence-corrected chi connectivity index (χ4v) is 4.01. The summed E-state index contributed by atoms with van der Waals surface area (Å²) >= 11 is 5.59. The van der Waals surface area contributed by atoms with Gasteiger partial charge in [0.1, 0.15) is 0 Å². The van der Waals surface area contributed by atoms with Crippen LogP contribution in [0.5, 0.6) is 0 Å². The number of hydrogen-bond acceptors (Lipinski definition) is 3. The summed E-state index contributed by atoms with van der Waals surface area (Å²) in [5.41, 5.74) is 0.368. The molecular weight excluding hydrogens is 415 g/mol. The van der Waals surface area contributed by atoms with Crippen molar-refractivity contribution in [2.75, 3.05) is 6.54 Å². The molecule has 0 amide bonds. The van der Waals surface area contributed by atoms with E-state index in [1.807, 2.05) is 12.1 Å². The van der Waals surface area contributed by atoms with Crippen LogP contribution in [-0.4, -0.2) is 24.7 Å². The van der Waals surface area contributed by atoms with Crippen molar-refractivity contribution in [3.8, 4) is 5.69 Å². The van der Waals surface area contributed by atoms with E-state index in [1.165, 1.54) is 0 Å². The summed E-state index contributed by atoms with van der Waals surface area (Å²) in [5, 5.41) is 3.91. The van der Waals surface area contributed by atoms with E-state index in [2.05, 4.69) is 9.82 Å². The van der Waals surface area contributed by atoms with Crippen molar-refractivity contribution in [3.05, 3.63) is 77.1 Å². The van der Waals surface area contributed by atoms with Gasteiger partial charge in [-0.25, -0.2) is 17.8 Å². The molecule has 1 aromatic heterocycles. The zero-order valence-corrected chi connectivity index (χ0v) is 15.9. The Morgan fingerprint density at radius 1 is 1.11 bits per heavy atom. The van der Waals surface area contributed by atoms with Crippen LogP contribution in [0.25, 0.3) is 5.69 Å². The maximum absolute atomic E-state index is 13.1. The van der Waals surface area contributed by atoms with Gasteiger partial charge in [0.15, 0.2) is 0 Å². The van der Waals surface area contributed by atoms with Crippen LogP contribution in [-0.2, 0) is 22.6 Å². The molecule has 1 N–H and O–H groups in total. The Balaban J connectivity index is 1.69. The van der Waals surface area contributed by atoms with E-state index in [0.717, 1.165) is 23.4 Å². The monoisotopic (exact) mass is 429 g/mol. The van der Waals surface area contributed by atoms with Crippen molar-refractivity contribution >= 4 is 21.6 Å². The summed E-state index contributed by atoms with van der Waals surface area (Å²) in [4.78, 5) is -0.849. The van der Waals surface area contributed by atoms with Crippen LogP contribution < -0.4 is 4.72 Å². The number of aromatic nitrogens is 2. The predicted molar refractivity (Wildman–Crippen MR) is 98.9 cm³/mol. The number of alkyl halides is 3. The van der Waals surface area contributed by atoms with Gasteiger partial charge in [0.25, 0.3) is 0 Å². The zero-order valence-electron chi connectivity index (χ0n) is 14.3. The molecular formula is C18H15ClF3N3O2S. The van der Waals surface area contributed by atoms with Crippen LogP contribution >= 0.6 is 11.6 Å². The van der Waals surface area contributed by atoms with Crippen LogP contribution in [0.1, 0.15) is 11.1 Å². The van der Waals surface area contributed by atoms with Crippen molar-refractivity contribution in [1.82, 2.24) is 14.5 Å². The van der Waals surface area contributed by atoms with Crippen LogP contribution in [0.4, 0.5) is 13.2 Å². The van der Waals surface area contributed by atoms with Crippen LogP contribution in [0.3, 0.4) is 0 Å². The van der Waals surface area contributed by atoms with Crippen molar-refractivity contribution in [1.29, 1.82) is 0 Å². The standard InChI is InChI=1S/C18H15ClF3N3O2S/c19-14-4-7-17(16(12-14)18(20,21)22)28(26,27)24-10-8-13-2-5-15(6-3-13)25-11-1-9-23-25/h1-7,9,11-12,24H,8,10H2. The molecule has 0 spiro atoms. The normalized spacial score (nSPS) is 12.3. The van der Waals surface area contributed by atoms with Gasteiger partial charge in [-0.3, -0.25) is 0 Å². The highest BCUT2D eigenvalue weighted by Gasteiger charge is 2.37. The first-order valence-electron chi connectivity index (χ1n) is 8.12. The second kappa shape index (κ2) is 7.94. The van der Waals surface area contributed by atoms with Gasteiger partial charge in [-0.1, -0.05) is 23.7 Å². The number of benzene rings is 2. The fourth-order valence-electron chi connectivity index (χ4n) is 2.60. The van der Waals surface area contributed by atoms with E-state index < -0.39 is 26.7 Å². The number of nitrogens with zero attached hydrogens (tertiary/aromatic N) is 2. The van der Waals surface area contributed by atoms with E-state index in [0.29, 0.717) is 12.5 Å². The van der Waals surface area contributed by atoms with Crippen LogP contribution in [0.2, 0.25) is 5.02 Å². The molecule has 10 heteroatoms. The van der Waals surface area contributed by atoms with Crippen molar-refractivity contribution in [2.45, 2.75) is 17.5 Å². The first kappa shape index (κ1) is 20.4. The molecule has 0 fully saturated rings. The van der Waals surface area contributed by atoms with Gasteiger partial charge in [-0.2, -0.15) is 18.3 Å². The first-order valence-corrected chi connectivity index (χ1v) is 9.98. The third kappa shape index (κ3) is 4.73.